The molecule has 2 N–H and O–H groups in total. The molecule has 0 saturated heterocycles. The lowest BCUT2D eigenvalue weighted by molar-refractivity contribution is 0.262. The number of benzene rings is 2. The minimum Gasteiger partial charge on any atom is -0.311 e. The Morgan fingerprint density at radius 3 is 2.63 bits per heavy atom. The molecule has 2 heterocycles. The second kappa shape index (κ2) is 7.61. The Morgan fingerprint density at radius 1 is 0.963 bits per heavy atom. The molecular weight excluding hydrogens is 338 g/mol. The van der Waals surface area contributed by atoms with Crippen LogP contribution in [0.3, 0.4) is 0 Å². The first-order valence-corrected chi connectivity index (χ1v) is 9.36. The standard InChI is InChI=1S/C21H23N5O/c1-15-9-11-17(12-10-15)22-21(27)23-18-7-5-6-16(14-18)20-25-24-19-8-3-2-4-13-26(19)20/h5-7,9-12,14H,2-4,8,13H2,1H3,(H2,22,23,27). The zero-order valence-electron chi connectivity index (χ0n) is 15.4. The van der Waals surface area contributed by atoms with Crippen LogP contribution in [0.4, 0.5) is 16.2 Å². The van der Waals surface area contributed by atoms with E-state index in [-0.39, 0.29) is 6.03 Å². The van der Waals surface area contributed by atoms with Gasteiger partial charge in [0.1, 0.15) is 5.82 Å². The third-order valence-corrected chi connectivity index (χ3v) is 4.80. The minimum atomic E-state index is -0.268. The predicted molar refractivity (Wildman–Crippen MR) is 107 cm³/mol. The van der Waals surface area contributed by atoms with Gasteiger partial charge < -0.3 is 15.2 Å². The lowest BCUT2D eigenvalue weighted by atomic mass is 10.2. The first kappa shape index (κ1) is 17.3. The van der Waals surface area contributed by atoms with Crippen molar-refractivity contribution in [1.29, 1.82) is 0 Å². The van der Waals surface area contributed by atoms with Gasteiger partial charge in [0.25, 0.3) is 0 Å². The van der Waals surface area contributed by atoms with E-state index < -0.39 is 0 Å². The number of rotatable bonds is 3. The van der Waals surface area contributed by atoms with E-state index in [4.69, 9.17) is 0 Å². The fraction of sp³-hybridized carbons (Fsp3) is 0.286. The summed E-state index contributed by atoms with van der Waals surface area (Å²) in [7, 11) is 0. The number of nitrogens with zero attached hydrogens (tertiary/aromatic N) is 3. The van der Waals surface area contributed by atoms with Crippen LogP contribution in [-0.2, 0) is 13.0 Å². The number of carbonyl (C=O) groups is 1. The molecule has 1 aliphatic rings. The highest BCUT2D eigenvalue weighted by atomic mass is 16.2. The smallest absolute Gasteiger partial charge is 0.311 e. The van der Waals surface area contributed by atoms with Gasteiger partial charge in [-0.25, -0.2) is 4.79 Å². The molecule has 0 bridgehead atoms. The first-order chi connectivity index (χ1) is 13.2. The maximum Gasteiger partial charge on any atom is 0.323 e. The molecule has 27 heavy (non-hydrogen) atoms. The number of carbonyl (C=O) groups excluding carboxylic acids is 1. The number of urea groups is 1. The molecule has 0 saturated carbocycles. The Bertz CT molecular complexity index is 945. The number of hydrogen-bond acceptors (Lipinski definition) is 3. The second-order valence-corrected chi connectivity index (χ2v) is 6.93. The molecule has 3 aromatic rings. The molecule has 6 nitrogen and oxygen atoms in total. The van der Waals surface area contributed by atoms with Gasteiger partial charge in [-0.1, -0.05) is 36.2 Å². The predicted octanol–water partition coefficient (Wildman–Crippen LogP) is 4.62. The second-order valence-electron chi connectivity index (χ2n) is 6.93. The molecular formula is C21H23N5O. The Balaban J connectivity index is 1.50. The number of aromatic nitrogens is 3. The van der Waals surface area contributed by atoms with Crippen molar-refractivity contribution in [2.45, 2.75) is 39.2 Å². The fourth-order valence-corrected chi connectivity index (χ4v) is 3.36. The molecule has 2 aromatic carbocycles. The van der Waals surface area contributed by atoms with Gasteiger partial charge in [-0.05, 0) is 44.0 Å². The number of amides is 2. The highest BCUT2D eigenvalue weighted by Crippen LogP contribution is 2.25. The quantitative estimate of drug-likeness (QED) is 0.715. The summed E-state index contributed by atoms with van der Waals surface area (Å²) in [5.74, 6) is 1.92. The topological polar surface area (TPSA) is 71.8 Å². The van der Waals surface area contributed by atoms with Gasteiger partial charge >= 0.3 is 6.03 Å². The van der Waals surface area contributed by atoms with E-state index in [2.05, 4.69) is 25.4 Å². The van der Waals surface area contributed by atoms with Gasteiger partial charge in [0, 0.05) is 29.9 Å². The zero-order valence-corrected chi connectivity index (χ0v) is 15.4. The molecule has 0 unspecified atom stereocenters. The van der Waals surface area contributed by atoms with Gasteiger partial charge in [-0.2, -0.15) is 0 Å². The van der Waals surface area contributed by atoms with E-state index in [1.54, 1.807) is 0 Å². The first-order valence-electron chi connectivity index (χ1n) is 9.36. The number of nitrogens with one attached hydrogen (secondary N) is 2. The molecule has 2 amide bonds. The van der Waals surface area contributed by atoms with E-state index in [1.165, 1.54) is 12.8 Å². The number of hydrogen-bond donors (Lipinski definition) is 2. The Labute approximate surface area is 158 Å². The summed E-state index contributed by atoms with van der Waals surface area (Å²) < 4.78 is 2.21. The van der Waals surface area contributed by atoms with Crippen molar-refractivity contribution in [3.8, 4) is 11.4 Å². The average molecular weight is 361 g/mol. The molecule has 138 valence electrons. The van der Waals surface area contributed by atoms with Crippen LogP contribution in [-0.4, -0.2) is 20.8 Å². The zero-order chi connectivity index (χ0) is 18.6. The van der Waals surface area contributed by atoms with E-state index in [0.717, 1.165) is 53.5 Å². The van der Waals surface area contributed by atoms with E-state index in [1.807, 2.05) is 55.5 Å². The maximum atomic E-state index is 12.3. The highest BCUT2D eigenvalue weighted by molar-refractivity contribution is 6.00. The molecule has 0 spiro atoms. The normalized spacial score (nSPS) is 13.5. The Kier molecular flexibility index (Phi) is 4.87. The summed E-state index contributed by atoms with van der Waals surface area (Å²) in [4.78, 5) is 12.3. The summed E-state index contributed by atoms with van der Waals surface area (Å²) in [5, 5.41) is 14.5. The monoisotopic (exact) mass is 361 g/mol. The van der Waals surface area contributed by atoms with Crippen LogP contribution in [0.5, 0.6) is 0 Å². The number of fused-ring (bicyclic) bond motifs is 1. The Hall–Kier alpha value is -3.15. The third kappa shape index (κ3) is 4.00. The molecule has 6 heteroatoms. The van der Waals surface area contributed by atoms with Crippen molar-refractivity contribution >= 4 is 17.4 Å². The van der Waals surface area contributed by atoms with E-state index in [9.17, 15) is 4.79 Å². The maximum absolute atomic E-state index is 12.3. The van der Waals surface area contributed by atoms with Crippen LogP contribution in [0.2, 0.25) is 0 Å². The summed E-state index contributed by atoms with van der Waals surface area (Å²) in [6.07, 6.45) is 4.52. The fourth-order valence-electron chi connectivity index (χ4n) is 3.36. The molecule has 1 aromatic heterocycles. The largest absolute Gasteiger partial charge is 0.323 e. The molecule has 4 rings (SSSR count). The van der Waals surface area contributed by atoms with Gasteiger partial charge in [-0.15, -0.1) is 10.2 Å². The number of aryl methyl sites for hydroxylation is 2. The van der Waals surface area contributed by atoms with Gasteiger partial charge in [0.15, 0.2) is 5.82 Å². The van der Waals surface area contributed by atoms with Crippen LogP contribution in [0, 0.1) is 6.92 Å². The summed E-state index contributed by atoms with van der Waals surface area (Å²) in [5.41, 5.74) is 3.60. The van der Waals surface area contributed by atoms with Crippen LogP contribution < -0.4 is 10.6 Å². The van der Waals surface area contributed by atoms with Crippen LogP contribution in [0.15, 0.2) is 48.5 Å². The molecule has 0 fully saturated rings. The van der Waals surface area contributed by atoms with Crippen molar-refractivity contribution in [2.24, 2.45) is 0 Å². The average Bonchev–Trinajstić information content (AvgIpc) is 2.92. The third-order valence-electron chi connectivity index (χ3n) is 4.80. The van der Waals surface area contributed by atoms with Crippen molar-refractivity contribution < 1.29 is 4.79 Å². The Morgan fingerprint density at radius 2 is 1.78 bits per heavy atom. The van der Waals surface area contributed by atoms with Gasteiger partial charge in [-0.3, -0.25) is 0 Å². The van der Waals surface area contributed by atoms with E-state index >= 15 is 0 Å². The summed E-state index contributed by atoms with van der Waals surface area (Å²) in [6, 6.07) is 15.2. The van der Waals surface area contributed by atoms with Gasteiger partial charge in [0.2, 0.25) is 0 Å². The van der Waals surface area contributed by atoms with Crippen molar-refractivity contribution in [1.82, 2.24) is 14.8 Å². The van der Waals surface area contributed by atoms with Crippen LogP contribution in [0.25, 0.3) is 11.4 Å². The lowest BCUT2D eigenvalue weighted by Gasteiger charge is -2.10. The minimum absolute atomic E-state index is 0.268. The molecule has 1 aliphatic heterocycles. The van der Waals surface area contributed by atoms with Crippen molar-refractivity contribution in [3.05, 3.63) is 59.9 Å². The summed E-state index contributed by atoms with van der Waals surface area (Å²) in [6.45, 7) is 2.96. The highest BCUT2D eigenvalue weighted by Gasteiger charge is 2.16. The van der Waals surface area contributed by atoms with Crippen LogP contribution >= 0.6 is 0 Å². The lowest BCUT2D eigenvalue weighted by Crippen LogP contribution is -2.19. The van der Waals surface area contributed by atoms with E-state index in [0.29, 0.717) is 0 Å². The van der Waals surface area contributed by atoms with Crippen molar-refractivity contribution in [3.63, 3.8) is 0 Å². The molecule has 0 atom stereocenters. The van der Waals surface area contributed by atoms with Crippen molar-refractivity contribution in [2.75, 3.05) is 10.6 Å². The van der Waals surface area contributed by atoms with Gasteiger partial charge in [0.05, 0.1) is 0 Å². The SMILES string of the molecule is Cc1ccc(NC(=O)Nc2cccc(-c3nnc4n3CCCCC4)c2)cc1. The molecule has 0 radical (unpaired) electrons. The van der Waals surface area contributed by atoms with Crippen LogP contribution in [0.1, 0.15) is 30.7 Å². The molecule has 0 aliphatic carbocycles. The number of anilines is 2. The summed E-state index contributed by atoms with van der Waals surface area (Å²) >= 11 is 0.